The maximum atomic E-state index is 11.9. The van der Waals surface area contributed by atoms with Crippen molar-refractivity contribution in [2.75, 3.05) is 12.4 Å². The third kappa shape index (κ3) is 4.33. The highest BCUT2D eigenvalue weighted by Gasteiger charge is 2.14. The van der Waals surface area contributed by atoms with E-state index in [0.29, 0.717) is 5.75 Å². The third-order valence-corrected chi connectivity index (χ3v) is 3.35. The van der Waals surface area contributed by atoms with E-state index in [1.54, 1.807) is 13.2 Å². The maximum absolute atomic E-state index is 11.9. The van der Waals surface area contributed by atoms with Crippen molar-refractivity contribution in [3.8, 4) is 5.75 Å². The van der Waals surface area contributed by atoms with Gasteiger partial charge < -0.3 is 15.4 Å². The fourth-order valence-electron chi connectivity index (χ4n) is 1.93. The van der Waals surface area contributed by atoms with Crippen LogP contribution in [0, 0.1) is 10.1 Å². The van der Waals surface area contributed by atoms with E-state index in [-0.39, 0.29) is 22.9 Å². The number of hydrogen-bond donors (Lipinski definition) is 2. The molecule has 0 saturated heterocycles. The van der Waals surface area contributed by atoms with E-state index in [2.05, 4.69) is 10.6 Å². The number of benzene rings is 2. The lowest BCUT2D eigenvalue weighted by atomic mass is 10.2. The largest absolute Gasteiger partial charge is 0.496 e. The number of nitro groups is 1. The predicted molar refractivity (Wildman–Crippen MR) is 87.0 cm³/mol. The van der Waals surface area contributed by atoms with Crippen molar-refractivity contribution >= 4 is 29.0 Å². The summed E-state index contributed by atoms with van der Waals surface area (Å²) in [6.45, 7) is 0.255. The smallest absolute Gasteiger partial charge is 0.319 e. The molecular weight excluding hydrogens is 322 g/mol. The maximum Gasteiger partial charge on any atom is 0.319 e. The molecule has 0 bridgehead atoms. The summed E-state index contributed by atoms with van der Waals surface area (Å²) in [5, 5.41) is 16.0. The number of carbonyl (C=O) groups excluding carboxylic acids is 1. The van der Waals surface area contributed by atoms with Crippen LogP contribution < -0.4 is 15.4 Å². The molecule has 7 nitrogen and oxygen atoms in total. The first-order valence-corrected chi connectivity index (χ1v) is 6.99. The van der Waals surface area contributed by atoms with Crippen LogP contribution in [0.15, 0.2) is 42.5 Å². The molecule has 0 heterocycles. The number of carbonyl (C=O) groups is 1. The summed E-state index contributed by atoms with van der Waals surface area (Å²) in [6, 6.07) is 10.8. The molecule has 2 aromatic rings. The van der Waals surface area contributed by atoms with E-state index in [9.17, 15) is 14.9 Å². The molecule has 0 aliphatic carbocycles. The summed E-state index contributed by atoms with van der Waals surface area (Å²) < 4.78 is 5.19. The normalized spacial score (nSPS) is 10.0. The number of methoxy groups -OCH3 is 1. The van der Waals surface area contributed by atoms with Crippen LogP contribution in [0.25, 0.3) is 0 Å². The Hall–Kier alpha value is -2.80. The number of urea groups is 1. The number of nitrogens with one attached hydrogen (secondary N) is 2. The minimum absolute atomic E-state index is 0.00924. The highest BCUT2D eigenvalue weighted by molar-refractivity contribution is 6.32. The Morgan fingerprint density at radius 2 is 2.04 bits per heavy atom. The lowest BCUT2D eigenvalue weighted by Crippen LogP contribution is -2.28. The van der Waals surface area contributed by atoms with Crippen molar-refractivity contribution in [3.63, 3.8) is 0 Å². The lowest BCUT2D eigenvalue weighted by Gasteiger charge is -2.10. The molecule has 0 saturated carbocycles. The summed E-state index contributed by atoms with van der Waals surface area (Å²) in [4.78, 5) is 22.1. The van der Waals surface area contributed by atoms with E-state index >= 15 is 0 Å². The zero-order chi connectivity index (χ0) is 16.8. The highest BCUT2D eigenvalue weighted by Crippen LogP contribution is 2.27. The topological polar surface area (TPSA) is 93.5 Å². The minimum atomic E-state index is -0.611. The number of nitro benzene ring substituents is 1. The van der Waals surface area contributed by atoms with Crippen LogP contribution in [0.4, 0.5) is 16.2 Å². The zero-order valence-electron chi connectivity index (χ0n) is 12.2. The Kier molecular flexibility index (Phi) is 5.37. The fraction of sp³-hybridized carbons (Fsp3) is 0.133. The first-order chi connectivity index (χ1) is 11.0. The molecule has 0 aliphatic heterocycles. The molecule has 2 rings (SSSR count). The van der Waals surface area contributed by atoms with Gasteiger partial charge in [-0.2, -0.15) is 0 Å². The quantitative estimate of drug-likeness (QED) is 0.645. The Labute approximate surface area is 137 Å². The molecule has 0 radical (unpaired) electrons. The van der Waals surface area contributed by atoms with Gasteiger partial charge in [-0.1, -0.05) is 29.8 Å². The van der Waals surface area contributed by atoms with Gasteiger partial charge in [0.25, 0.3) is 5.69 Å². The molecule has 23 heavy (non-hydrogen) atoms. The molecule has 0 fully saturated rings. The van der Waals surface area contributed by atoms with Crippen LogP contribution in [0.3, 0.4) is 0 Å². The Morgan fingerprint density at radius 1 is 1.30 bits per heavy atom. The van der Waals surface area contributed by atoms with Gasteiger partial charge in [0.1, 0.15) is 10.8 Å². The van der Waals surface area contributed by atoms with E-state index in [4.69, 9.17) is 16.3 Å². The molecule has 0 aliphatic rings. The average Bonchev–Trinajstić information content (AvgIpc) is 2.54. The van der Waals surface area contributed by atoms with Crippen molar-refractivity contribution in [3.05, 3.63) is 63.2 Å². The Balaban J connectivity index is 2.00. The standard InChI is InChI=1S/C15H14ClN3O4/c1-23-14-5-3-2-4-10(14)9-17-15(20)18-11-6-7-12(16)13(8-11)19(21)22/h2-8H,9H2,1H3,(H2,17,18,20). The molecule has 0 unspecified atom stereocenters. The number of hydrogen-bond acceptors (Lipinski definition) is 4. The average molecular weight is 336 g/mol. The second-order valence-electron chi connectivity index (χ2n) is 4.54. The van der Waals surface area contributed by atoms with Gasteiger partial charge in [-0.05, 0) is 18.2 Å². The number of nitrogens with zero attached hydrogens (tertiary/aromatic N) is 1. The number of anilines is 1. The molecule has 2 N–H and O–H groups in total. The predicted octanol–water partition coefficient (Wildman–Crippen LogP) is 3.58. The van der Waals surface area contributed by atoms with Crippen LogP contribution in [0.1, 0.15) is 5.56 Å². The molecular formula is C15H14ClN3O4. The summed E-state index contributed by atoms with van der Waals surface area (Å²) in [5.41, 5.74) is 0.819. The van der Waals surface area contributed by atoms with Crippen LogP contribution >= 0.6 is 11.6 Å². The molecule has 120 valence electrons. The van der Waals surface area contributed by atoms with Crippen LogP contribution in [0.2, 0.25) is 5.02 Å². The summed E-state index contributed by atoms with van der Waals surface area (Å²) in [6.07, 6.45) is 0. The second kappa shape index (κ2) is 7.46. The van der Waals surface area contributed by atoms with Crippen molar-refractivity contribution in [1.82, 2.24) is 5.32 Å². The Bertz CT molecular complexity index is 736. The van der Waals surface area contributed by atoms with Crippen molar-refractivity contribution in [2.24, 2.45) is 0 Å². The summed E-state index contributed by atoms with van der Waals surface area (Å²) in [7, 11) is 1.55. The SMILES string of the molecule is COc1ccccc1CNC(=O)Nc1ccc(Cl)c([N+](=O)[O-])c1. The first-order valence-electron chi connectivity index (χ1n) is 6.62. The molecule has 0 aromatic heterocycles. The van der Waals surface area contributed by atoms with Gasteiger partial charge in [-0.15, -0.1) is 0 Å². The number of halogens is 1. The highest BCUT2D eigenvalue weighted by atomic mass is 35.5. The first kappa shape index (κ1) is 16.6. The molecule has 0 spiro atoms. The second-order valence-corrected chi connectivity index (χ2v) is 4.95. The van der Waals surface area contributed by atoms with Gasteiger partial charge >= 0.3 is 6.03 Å². The van der Waals surface area contributed by atoms with Crippen molar-refractivity contribution in [2.45, 2.75) is 6.54 Å². The van der Waals surface area contributed by atoms with Crippen LogP contribution in [-0.4, -0.2) is 18.1 Å². The van der Waals surface area contributed by atoms with E-state index < -0.39 is 11.0 Å². The molecule has 2 amide bonds. The van der Waals surface area contributed by atoms with Gasteiger partial charge in [0.05, 0.1) is 12.0 Å². The Morgan fingerprint density at radius 3 is 2.74 bits per heavy atom. The summed E-state index contributed by atoms with van der Waals surface area (Å²) in [5.74, 6) is 0.662. The number of amides is 2. The molecule has 0 atom stereocenters. The van der Waals surface area contributed by atoms with Crippen LogP contribution in [0.5, 0.6) is 5.75 Å². The minimum Gasteiger partial charge on any atom is -0.496 e. The fourth-order valence-corrected chi connectivity index (χ4v) is 2.12. The number of ether oxygens (including phenoxy) is 1. The zero-order valence-corrected chi connectivity index (χ0v) is 13.0. The van der Waals surface area contributed by atoms with Crippen LogP contribution in [-0.2, 0) is 6.54 Å². The number of rotatable bonds is 5. The molecule has 8 heteroatoms. The van der Waals surface area contributed by atoms with Crippen molar-refractivity contribution < 1.29 is 14.5 Å². The summed E-state index contributed by atoms with van der Waals surface area (Å²) >= 11 is 5.72. The molecule has 2 aromatic carbocycles. The van der Waals surface area contributed by atoms with Gasteiger partial charge in [0.15, 0.2) is 0 Å². The monoisotopic (exact) mass is 335 g/mol. The van der Waals surface area contributed by atoms with E-state index in [1.807, 2.05) is 18.2 Å². The van der Waals surface area contributed by atoms with Gasteiger partial charge in [0, 0.05) is 23.9 Å². The number of para-hydroxylation sites is 1. The van der Waals surface area contributed by atoms with Gasteiger partial charge in [-0.25, -0.2) is 4.79 Å². The third-order valence-electron chi connectivity index (χ3n) is 3.03. The van der Waals surface area contributed by atoms with Gasteiger partial charge in [-0.3, -0.25) is 10.1 Å². The van der Waals surface area contributed by atoms with E-state index in [0.717, 1.165) is 5.56 Å². The van der Waals surface area contributed by atoms with Crippen molar-refractivity contribution in [1.29, 1.82) is 0 Å². The lowest BCUT2D eigenvalue weighted by molar-refractivity contribution is -0.384. The van der Waals surface area contributed by atoms with Gasteiger partial charge in [0.2, 0.25) is 0 Å². The van der Waals surface area contributed by atoms with E-state index in [1.165, 1.54) is 18.2 Å².